The van der Waals surface area contributed by atoms with E-state index in [4.69, 9.17) is 42.1 Å². The molecule has 6 heterocycles. The number of furan rings is 5. The predicted octanol–water partition coefficient (Wildman–Crippen LogP) is 11.1. The third-order valence-corrected chi connectivity index (χ3v) is 7.14. The number of ether oxygens (including phenoxy) is 4. The summed E-state index contributed by atoms with van der Waals surface area (Å²) in [5.74, 6) is 4.45. The second kappa shape index (κ2) is 36.7. The van der Waals surface area contributed by atoms with Gasteiger partial charge in [0, 0.05) is 13.2 Å². The van der Waals surface area contributed by atoms with Crippen molar-refractivity contribution in [1.82, 2.24) is 0 Å². The molecule has 0 unspecified atom stereocenters. The maximum absolute atomic E-state index is 9.77. The van der Waals surface area contributed by atoms with Crippen LogP contribution >= 0.6 is 0 Å². The SMILES string of the molecule is CCCCO.CCCCOC(OCCCC)c1ccco1.CCCCOCc1ccco1.O=Cc1ccco1.OCC1=CC=[C+]O1.c1coc(Cc2ccco2)c1. The van der Waals surface area contributed by atoms with Crippen LogP contribution in [0, 0.1) is 6.26 Å². The number of carbonyl (C=O) groups is 1. The molecular formula is C45H63O12+. The molecule has 314 valence electrons. The lowest BCUT2D eigenvalue weighted by Gasteiger charge is -2.16. The number of rotatable bonds is 20. The topological polar surface area (TPSA) is 160 Å². The molecule has 12 nitrogen and oxygen atoms in total. The lowest BCUT2D eigenvalue weighted by atomic mass is 10.3. The van der Waals surface area contributed by atoms with Gasteiger partial charge in [0.25, 0.3) is 5.76 Å². The predicted molar refractivity (Wildman–Crippen MR) is 217 cm³/mol. The van der Waals surface area contributed by atoms with Gasteiger partial charge in [-0.15, -0.1) is 0 Å². The Labute approximate surface area is 338 Å². The van der Waals surface area contributed by atoms with E-state index in [0.717, 1.165) is 81.0 Å². The van der Waals surface area contributed by atoms with Crippen molar-refractivity contribution in [3.63, 3.8) is 0 Å². The average molecular weight is 796 g/mol. The van der Waals surface area contributed by atoms with Gasteiger partial charge in [0.15, 0.2) is 30.5 Å². The lowest BCUT2D eigenvalue weighted by Crippen LogP contribution is -2.10. The highest BCUT2D eigenvalue weighted by Crippen LogP contribution is 2.20. The number of unbranched alkanes of at least 4 members (excludes halogenated alkanes) is 4. The third kappa shape index (κ3) is 27.3. The van der Waals surface area contributed by atoms with Gasteiger partial charge < -0.3 is 46.5 Å². The Kier molecular flexibility index (Phi) is 32.2. The minimum atomic E-state index is -0.340. The second-order valence-corrected chi connectivity index (χ2v) is 12.0. The van der Waals surface area contributed by atoms with Crippen LogP contribution in [0.2, 0.25) is 0 Å². The molecule has 0 spiro atoms. The van der Waals surface area contributed by atoms with Gasteiger partial charge in [-0.25, -0.2) is 0 Å². The highest BCUT2D eigenvalue weighted by molar-refractivity contribution is 5.69. The molecule has 1 aliphatic heterocycles. The third-order valence-electron chi connectivity index (χ3n) is 7.14. The van der Waals surface area contributed by atoms with Crippen LogP contribution < -0.4 is 0 Å². The molecular weight excluding hydrogens is 732 g/mol. The summed E-state index contributed by atoms with van der Waals surface area (Å²) in [6.07, 6.45) is 23.6. The Balaban J connectivity index is 0.000000355. The number of hydrogen-bond acceptors (Lipinski definition) is 12. The molecule has 0 atom stereocenters. The van der Waals surface area contributed by atoms with Crippen molar-refractivity contribution in [3.8, 4) is 0 Å². The van der Waals surface area contributed by atoms with Gasteiger partial charge in [-0.2, -0.15) is 0 Å². The molecule has 5 aromatic heterocycles. The quantitative estimate of drug-likeness (QED) is 0.0332. The van der Waals surface area contributed by atoms with Crippen LogP contribution in [0.15, 0.2) is 132 Å². The Morgan fingerprint density at radius 3 is 1.54 bits per heavy atom. The van der Waals surface area contributed by atoms with Gasteiger partial charge in [0.05, 0.1) is 51.0 Å². The van der Waals surface area contributed by atoms with Crippen molar-refractivity contribution in [2.45, 2.75) is 98.4 Å². The summed E-state index contributed by atoms with van der Waals surface area (Å²) < 4.78 is 46.6. The van der Waals surface area contributed by atoms with Crippen LogP contribution in [-0.4, -0.2) is 49.5 Å². The largest absolute Gasteiger partial charge is 0.469 e. The first-order valence-electron chi connectivity index (χ1n) is 19.6. The fourth-order valence-electron chi connectivity index (χ4n) is 3.99. The number of aliphatic hydroxyl groups excluding tert-OH is 2. The van der Waals surface area contributed by atoms with Crippen molar-refractivity contribution >= 4 is 6.29 Å². The minimum absolute atomic E-state index is 0.0382. The van der Waals surface area contributed by atoms with E-state index in [1.807, 2.05) is 48.5 Å². The molecule has 0 amide bonds. The Morgan fingerprint density at radius 2 is 1.18 bits per heavy atom. The summed E-state index contributed by atoms with van der Waals surface area (Å²) >= 11 is 0. The molecule has 57 heavy (non-hydrogen) atoms. The first-order valence-corrected chi connectivity index (χ1v) is 19.6. The van der Waals surface area contributed by atoms with Crippen LogP contribution in [0.1, 0.15) is 119 Å². The van der Waals surface area contributed by atoms with E-state index in [0.29, 0.717) is 44.2 Å². The number of aldehydes is 1. The number of allylic oxidation sites excluding steroid dienone is 2. The van der Waals surface area contributed by atoms with Crippen molar-refractivity contribution < 1.29 is 56.0 Å². The summed E-state index contributed by atoms with van der Waals surface area (Å²) in [6.45, 7) is 11.7. The second-order valence-electron chi connectivity index (χ2n) is 12.0. The highest BCUT2D eigenvalue weighted by atomic mass is 16.7. The van der Waals surface area contributed by atoms with Gasteiger partial charge in [0.1, 0.15) is 30.0 Å². The van der Waals surface area contributed by atoms with E-state index in [2.05, 4.69) is 43.1 Å². The van der Waals surface area contributed by atoms with Gasteiger partial charge in [-0.3, -0.25) is 9.53 Å². The van der Waals surface area contributed by atoms with Crippen LogP contribution in [-0.2, 0) is 32.0 Å². The molecule has 0 aromatic carbocycles. The standard InChI is InChI=1S/C13H22O3.C9H8O2.C9H14O2.C5H5O2.C5H4O2.C4H10O/c1-3-5-9-15-13(16-10-6-4-2)12-8-7-11-14-12;1-3-8(10-5-1)7-9-4-2-6-11-9;1-2-3-6-10-8-9-5-4-7-11-9;2*6-4-5-2-1-3-7-5;1-2-3-4-5/h7-8,11,13H,3-6,9-10H2,1-2H3;1-6H,7H2;4-5,7H,2-3,6,8H2,1H3;1-2,6H,4H2;1-4H;5H,2-4H2,1H3/q;;;+1;;. The van der Waals surface area contributed by atoms with Crippen molar-refractivity contribution in [2.24, 2.45) is 0 Å². The summed E-state index contributed by atoms with van der Waals surface area (Å²) in [7, 11) is 0. The minimum Gasteiger partial charge on any atom is -0.469 e. The summed E-state index contributed by atoms with van der Waals surface area (Å²) in [5.41, 5.74) is 0. The molecule has 5 aromatic rings. The monoisotopic (exact) mass is 795 g/mol. The first-order chi connectivity index (χ1) is 28.0. The Morgan fingerprint density at radius 1 is 0.649 bits per heavy atom. The number of carbonyl (C=O) groups excluding carboxylic acids is 1. The summed E-state index contributed by atoms with van der Waals surface area (Å²) in [5, 5.41) is 16.4. The first kappa shape index (κ1) is 50.1. The zero-order valence-corrected chi connectivity index (χ0v) is 34.1. The molecule has 0 saturated heterocycles. The summed E-state index contributed by atoms with van der Waals surface area (Å²) in [4.78, 5) is 9.77. The van der Waals surface area contributed by atoms with E-state index in [1.54, 1.807) is 49.3 Å². The zero-order chi connectivity index (χ0) is 41.4. The Bertz CT molecular complexity index is 1490. The number of hydrogen-bond donors (Lipinski definition) is 2. The maximum Gasteiger partial charge on any atom is 0.292 e. The molecule has 12 heteroatoms. The Hall–Kier alpha value is -4.94. The van der Waals surface area contributed by atoms with E-state index in [-0.39, 0.29) is 12.9 Å². The fraction of sp³-hybridized carbons (Fsp3) is 0.444. The van der Waals surface area contributed by atoms with Gasteiger partial charge in [-0.1, -0.05) is 53.4 Å². The molecule has 1 aliphatic rings. The van der Waals surface area contributed by atoms with E-state index < -0.39 is 0 Å². The van der Waals surface area contributed by atoms with Crippen LogP contribution in [0.5, 0.6) is 0 Å². The van der Waals surface area contributed by atoms with Crippen molar-refractivity contribution in [3.05, 3.63) is 145 Å². The molecule has 0 saturated carbocycles. The van der Waals surface area contributed by atoms with Gasteiger partial charge in [0.2, 0.25) is 12.6 Å². The van der Waals surface area contributed by atoms with E-state index >= 15 is 0 Å². The molecule has 0 aliphatic carbocycles. The average Bonchev–Trinajstić information content (AvgIpc) is 4.09. The van der Waals surface area contributed by atoms with E-state index in [1.165, 1.54) is 12.7 Å². The zero-order valence-electron chi connectivity index (χ0n) is 34.1. The summed E-state index contributed by atoms with van der Waals surface area (Å²) in [6, 6.07) is 18.4. The molecule has 2 N–H and O–H groups in total. The molecule has 0 radical (unpaired) electrons. The highest BCUT2D eigenvalue weighted by Gasteiger charge is 2.14. The van der Waals surface area contributed by atoms with Crippen LogP contribution in [0.3, 0.4) is 0 Å². The van der Waals surface area contributed by atoms with Gasteiger partial charge in [-0.05, 0) is 86.3 Å². The van der Waals surface area contributed by atoms with Crippen LogP contribution in [0.4, 0.5) is 0 Å². The lowest BCUT2D eigenvalue weighted by molar-refractivity contribution is -0.158. The normalized spacial score (nSPS) is 10.8. The molecule has 0 bridgehead atoms. The molecule has 0 fully saturated rings. The van der Waals surface area contributed by atoms with Crippen molar-refractivity contribution in [1.29, 1.82) is 0 Å². The molecule has 6 rings (SSSR count). The van der Waals surface area contributed by atoms with Crippen LogP contribution in [0.25, 0.3) is 0 Å². The van der Waals surface area contributed by atoms with Gasteiger partial charge >= 0.3 is 0 Å². The van der Waals surface area contributed by atoms with E-state index in [9.17, 15) is 4.79 Å². The number of aliphatic hydroxyl groups is 2. The maximum atomic E-state index is 9.77. The fourth-order valence-corrected chi connectivity index (χ4v) is 3.99. The smallest absolute Gasteiger partial charge is 0.292 e. The van der Waals surface area contributed by atoms with Crippen molar-refractivity contribution in [2.75, 3.05) is 33.0 Å².